The van der Waals surface area contributed by atoms with Gasteiger partial charge in [-0.05, 0) is 43.6 Å². The molecule has 0 aromatic carbocycles. The van der Waals surface area contributed by atoms with Crippen molar-refractivity contribution in [3.8, 4) is 0 Å². The normalized spacial score (nSPS) is 37.9. The van der Waals surface area contributed by atoms with Crippen LogP contribution in [-0.2, 0) is 9.53 Å². The molecule has 0 bridgehead atoms. The lowest BCUT2D eigenvalue weighted by Gasteiger charge is -2.32. The summed E-state index contributed by atoms with van der Waals surface area (Å²) in [5, 5.41) is 5.52. The zero-order chi connectivity index (χ0) is 13.7. The van der Waals surface area contributed by atoms with Crippen molar-refractivity contribution >= 4 is 17.2 Å². The molecule has 1 saturated carbocycles. The molecule has 3 fully saturated rings. The van der Waals surface area contributed by atoms with E-state index in [1.807, 2.05) is 6.92 Å². The van der Waals surface area contributed by atoms with Crippen molar-refractivity contribution in [2.45, 2.75) is 50.5 Å². The van der Waals surface area contributed by atoms with Crippen LogP contribution in [0.2, 0.25) is 0 Å². The zero-order valence-electron chi connectivity index (χ0n) is 11.6. The Bertz CT molecular complexity index is 500. The summed E-state index contributed by atoms with van der Waals surface area (Å²) in [4.78, 5) is 15.9. The van der Waals surface area contributed by atoms with Crippen LogP contribution in [0.1, 0.15) is 37.2 Å². The molecule has 1 N–H and O–H groups in total. The van der Waals surface area contributed by atoms with Crippen molar-refractivity contribution in [2.75, 3.05) is 6.61 Å². The fourth-order valence-electron chi connectivity index (χ4n) is 3.53. The molecule has 1 aromatic rings. The second-order valence-electron chi connectivity index (χ2n) is 6.08. The topological polar surface area (TPSA) is 41.6 Å². The van der Waals surface area contributed by atoms with Crippen LogP contribution in [0.3, 0.4) is 0 Å². The van der Waals surface area contributed by atoms with Gasteiger partial charge in [0, 0.05) is 11.5 Å². The first kappa shape index (κ1) is 12.8. The SMILES string of the molecule is CC1NC(c2cccs2)N(C2CCOC2C2CC2)C1=O. The monoisotopic (exact) mass is 292 g/mol. The summed E-state index contributed by atoms with van der Waals surface area (Å²) >= 11 is 1.71. The Hall–Kier alpha value is -0.910. The fourth-order valence-corrected chi connectivity index (χ4v) is 4.31. The van der Waals surface area contributed by atoms with Gasteiger partial charge < -0.3 is 9.64 Å². The molecule has 20 heavy (non-hydrogen) atoms. The third kappa shape index (κ3) is 2.00. The molecule has 1 aliphatic carbocycles. The van der Waals surface area contributed by atoms with Gasteiger partial charge in [0.1, 0.15) is 6.17 Å². The lowest BCUT2D eigenvalue weighted by molar-refractivity contribution is -0.133. The summed E-state index contributed by atoms with van der Waals surface area (Å²) in [6.07, 6.45) is 3.79. The predicted octanol–water partition coefficient (Wildman–Crippen LogP) is 2.13. The zero-order valence-corrected chi connectivity index (χ0v) is 12.4. The van der Waals surface area contributed by atoms with Crippen molar-refractivity contribution in [1.82, 2.24) is 10.2 Å². The quantitative estimate of drug-likeness (QED) is 0.928. The van der Waals surface area contributed by atoms with Crippen molar-refractivity contribution in [1.29, 1.82) is 0 Å². The Kier molecular flexibility index (Phi) is 3.09. The van der Waals surface area contributed by atoms with E-state index in [0.717, 1.165) is 13.0 Å². The lowest BCUT2D eigenvalue weighted by atomic mass is 10.0. The van der Waals surface area contributed by atoms with E-state index < -0.39 is 0 Å². The average Bonchev–Trinajstić information content (AvgIpc) is 2.89. The van der Waals surface area contributed by atoms with Crippen molar-refractivity contribution < 1.29 is 9.53 Å². The maximum absolute atomic E-state index is 12.6. The van der Waals surface area contributed by atoms with E-state index in [0.29, 0.717) is 5.92 Å². The number of rotatable bonds is 3. The molecule has 3 heterocycles. The molecule has 108 valence electrons. The molecule has 3 aliphatic rings. The molecular formula is C15H20N2O2S. The van der Waals surface area contributed by atoms with Crippen LogP contribution in [0.25, 0.3) is 0 Å². The number of carbonyl (C=O) groups is 1. The largest absolute Gasteiger partial charge is 0.376 e. The highest BCUT2D eigenvalue weighted by atomic mass is 32.1. The lowest BCUT2D eigenvalue weighted by Crippen LogP contribution is -2.45. The molecule has 0 spiro atoms. The van der Waals surface area contributed by atoms with E-state index in [1.165, 1.54) is 17.7 Å². The van der Waals surface area contributed by atoms with Gasteiger partial charge in [0.05, 0.1) is 18.2 Å². The average molecular weight is 292 g/mol. The number of thiophene rings is 1. The Labute approximate surface area is 123 Å². The summed E-state index contributed by atoms with van der Waals surface area (Å²) < 4.78 is 5.93. The number of hydrogen-bond donors (Lipinski definition) is 1. The second kappa shape index (κ2) is 4.83. The first-order valence-corrected chi connectivity index (χ1v) is 8.37. The highest BCUT2D eigenvalue weighted by molar-refractivity contribution is 7.10. The number of amides is 1. The van der Waals surface area contributed by atoms with Crippen LogP contribution in [0.15, 0.2) is 17.5 Å². The van der Waals surface area contributed by atoms with Crippen molar-refractivity contribution in [3.05, 3.63) is 22.4 Å². The summed E-state index contributed by atoms with van der Waals surface area (Å²) in [6, 6.07) is 4.32. The summed E-state index contributed by atoms with van der Waals surface area (Å²) in [5.41, 5.74) is 0. The number of nitrogens with one attached hydrogen (secondary N) is 1. The minimum Gasteiger partial charge on any atom is -0.376 e. The molecule has 4 rings (SSSR count). The number of ether oxygens (including phenoxy) is 1. The van der Waals surface area contributed by atoms with E-state index in [9.17, 15) is 4.79 Å². The van der Waals surface area contributed by atoms with Crippen molar-refractivity contribution in [2.24, 2.45) is 5.92 Å². The Morgan fingerprint density at radius 3 is 2.95 bits per heavy atom. The van der Waals surface area contributed by atoms with E-state index in [2.05, 4.69) is 27.7 Å². The molecule has 4 nitrogen and oxygen atoms in total. The van der Waals surface area contributed by atoms with E-state index >= 15 is 0 Å². The van der Waals surface area contributed by atoms with Crippen LogP contribution in [-0.4, -0.2) is 35.6 Å². The molecular weight excluding hydrogens is 272 g/mol. The van der Waals surface area contributed by atoms with Gasteiger partial charge in [-0.25, -0.2) is 0 Å². The van der Waals surface area contributed by atoms with Gasteiger partial charge in [-0.1, -0.05) is 6.07 Å². The van der Waals surface area contributed by atoms with Gasteiger partial charge in [0.15, 0.2) is 0 Å². The van der Waals surface area contributed by atoms with Gasteiger partial charge in [0.2, 0.25) is 5.91 Å². The minimum atomic E-state index is -0.0949. The van der Waals surface area contributed by atoms with E-state index in [1.54, 1.807) is 11.3 Å². The summed E-state index contributed by atoms with van der Waals surface area (Å²) in [7, 11) is 0. The Morgan fingerprint density at radius 1 is 1.40 bits per heavy atom. The number of hydrogen-bond acceptors (Lipinski definition) is 4. The summed E-state index contributed by atoms with van der Waals surface area (Å²) in [6.45, 7) is 2.76. The predicted molar refractivity (Wildman–Crippen MR) is 77.4 cm³/mol. The molecule has 5 heteroatoms. The van der Waals surface area contributed by atoms with Crippen molar-refractivity contribution in [3.63, 3.8) is 0 Å². The van der Waals surface area contributed by atoms with Gasteiger partial charge in [0.25, 0.3) is 0 Å². The van der Waals surface area contributed by atoms with Crippen LogP contribution >= 0.6 is 11.3 Å². The molecule has 2 aliphatic heterocycles. The van der Waals surface area contributed by atoms with Gasteiger partial charge in [-0.3, -0.25) is 10.1 Å². The van der Waals surface area contributed by atoms with Crippen LogP contribution in [0.4, 0.5) is 0 Å². The highest BCUT2D eigenvalue weighted by Gasteiger charge is 2.49. The molecule has 2 saturated heterocycles. The Morgan fingerprint density at radius 2 is 2.25 bits per heavy atom. The standard InChI is InChI=1S/C15H20N2O2S/c1-9-15(18)17(14(16-9)12-3-2-8-20-12)11-6-7-19-13(11)10-4-5-10/h2-3,8-11,13-14,16H,4-7H2,1H3. The van der Waals surface area contributed by atoms with Gasteiger partial charge in [-0.15, -0.1) is 11.3 Å². The molecule has 4 atom stereocenters. The molecule has 1 amide bonds. The fraction of sp³-hybridized carbons (Fsp3) is 0.667. The highest BCUT2D eigenvalue weighted by Crippen LogP contribution is 2.43. The molecule has 0 radical (unpaired) electrons. The minimum absolute atomic E-state index is 0.0328. The molecule has 4 unspecified atom stereocenters. The summed E-state index contributed by atoms with van der Waals surface area (Å²) in [5.74, 6) is 0.903. The number of nitrogens with zero attached hydrogens (tertiary/aromatic N) is 1. The van der Waals surface area contributed by atoms with Gasteiger partial charge >= 0.3 is 0 Å². The van der Waals surface area contributed by atoms with E-state index in [-0.39, 0.29) is 30.3 Å². The van der Waals surface area contributed by atoms with Crippen LogP contribution in [0, 0.1) is 5.92 Å². The third-order valence-electron chi connectivity index (χ3n) is 4.67. The number of carbonyl (C=O) groups excluding carboxylic acids is 1. The Balaban J connectivity index is 1.64. The maximum Gasteiger partial charge on any atom is 0.241 e. The van der Waals surface area contributed by atoms with Crippen LogP contribution < -0.4 is 5.32 Å². The smallest absolute Gasteiger partial charge is 0.241 e. The van der Waals surface area contributed by atoms with Crippen LogP contribution in [0.5, 0.6) is 0 Å². The first-order valence-electron chi connectivity index (χ1n) is 7.49. The maximum atomic E-state index is 12.6. The third-order valence-corrected chi connectivity index (χ3v) is 5.60. The molecule has 1 aromatic heterocycles. The van der Waals surface area contributed by atoms with Gasteiger partial charge in [-0.2, -0.15) is 0 Å². The van der Waals surface area contributed by atoms with E-state index in [4.69, 9.17) is 4.74 Å². The first-order chi connectivity index (χ1) is 9.75. The second-order valence-corrected chi connectivity index (χ2v) is 7.06.